The summed E-state index contributed by atoms with van der Waals surface area (Å²) in [5.41, 5.74) is 2.97. The Morgan fingerprint density at radius 3 is 2.74 bits per heavy atom. The number of amides is 1. The number of aromatic nitrogens is 5. The molecule has 0 aliphatic rings. The van der Waals surface area contributed by atoms with Crippen LogP contribution in [0.3, 0.4) is 0 Å². The number of nitrogens with zero attached hydrogens (tertiary/aromatic N) is 5. The SMILES string of the molecule is Cc1ccnc(NC(=O)[C@H](Cc2ccccc2)n2cc(COc3ccc4nc(S(N)(=O)=O)sc4c3)nn2)c1. The number of benzene rings is 2. The summed E-state index contributed by atoms with van der Waals surface area (Å²) in [7, 11) is -3.88. The number of anilines is 1. The van der Waals surface area contributed by atoms with Crippen molar-refractivity contribution in [2.75, 3.05) is 5.32 Å². The fourth-order valence-corrected chi connectivity index (χ4v) is 5.43. The number of nitrogens with one attached hydrogen (secondary N) is 1. The number of thiazole rings is 1. The van der Waals surface area contributed by atoms with Gasteiger partial charge in [0.2, 0.25) is 4.34 Å². The highest BCUT2D eigenvalue weighted by molar-refractivity contribution is 7.91. The fraction of sp³-hybridized carbons (Fsp3) is 0.160. The van der Waals surface area contributed by atoms with E-state index in [0.717, 1.165) is 22.5 Å². The standard InChI is InChI=1S/C25H23N7O4S2/c1-16-9-10-27-23(11-16)29-24(33)21(12-17-5-3-2-4-6-17)32-14-18(30-31-32)15-36-19-7-8-20-22(13-19)37-25(28-20)38(26,34)35/h2-11,13-14,21H,12,15H2,1H3,(H2,26,34,35)(H,27,29,33)/t21-/m0/s1. The van der Waals surface area contributed by atoms with E-state index in [1.807, 2.05) is 43.3 Å². The summed E-state index contributed by atoms with van der Waals surface area (Å²) in [6.07, 6.45) is 3.71. The molecule has 0 radical (unpaired) electrons. The molecule has 13 heteroatoms. The maximum Gasteiger partial charge on any atom is 0.265 e. The van der Waals surface area contributed by atoms with Gasteiger partial charge in [0.1, 0.15) is 29.9 Å². The van der Waals surface area contributed by atoms with Crippen molar-refractivity contribution in [2.45, 2.75) is 30.3 Å². The van der Waals surface area contributed by atoms with Crippen molar-refractivity contribution in [2.24, 2.45) is 5.14 Å². The lowest BCUT2D eigenvalue weighted by atomic mass is 10.1. The molecule has 3 heterocycles. The Hall–Kier alpha value is -4.20. The number of fused-ring (bicyclic) bond motifs is 1. The third kappa shape index (κ3) is 6.02. The van der Waals surface area contributed by atoms with E-state index in [1.165, 1.54) is 4.68 Å². The molecule has 0 saturated carbocycles. The third-order valence-electron chi connectivity index (χ3n) is 5.59. The number of nitrogens with two attached hydrogens (primary N) is 1. The molecule has 38 heavy (non-hydrogen) atoms. The van der Waals surface area contributed by atoms with Crippen molar-refractivity contribution >= 4 is 43.3 Å². The number of sulfonamides is 1. The molecule has 0 aliphatic carbocycles. The fourth-order valence-electron chi connectivity index (χ4n) is 3.74. The second-order valence-electron chi connectivity index (χ2n) is 8.55. The lowest BCUT2D eigenvalue weighted by Crippen LogP contribution is -2.28. The molecule has 5 rings (SSSR count). The van der Waals surface area contributed by atoms with Crippen LogP contribution in [0.15, 0.2) is 77.4 Å². The molecular formula is C25H23N7O4S2. The summed E-state index contributed by atoms with van der Waals surface area (Å²) in [4.78, 5) is 21.5. The van der Waals surface area contributed by atoms with Crippen molar-refractivity contribution in [1.29, 1.82) is 0 Å². The van der Waals surface area contributed by atoms with Gasteiger partial charge in [0.15, 0.2) is 0 Å². The van der Waals surface area contributed by atoms with Crippen molar-refractivity contribution in [3.8, 4) is 5.75 Å². The third-order valence-corrected chi connectivity index (χ3v) is 7.93. The van der Waals surface area contributed by atoms with Crippen LogP contribution in [0.2, 0.25) is 0 Å². The van der Waals surface area contributed by atoms with Crippen LogP contribution in [0, 0.1) is 6.92 Å². The number of pyridine rings is 1. The number of carbonyl (C=O) groups is 1. The van der Waals surface area contributed by atoms with Gasteiger partial charge in [-0.1, -0.05) is 35.5 Å². The topological polar surface area (TPSA) is 155 Å². The molecule has 194 valence electrons. The monoisotopic (exact) mass is 549 g/mol. The first kappa shape index (κ1) is 25.4. The first-order valence-corrected chi connectivity index (χ1v) is 13.9. The smallest absolute Gasteiger partial charge is 0.265 e. The average Bonchev–Trinajstić information content (AvgIpc) is 3.53. The number of aryl methyl sites for hydroxylation is 1. The van der Waals surface area contributed by atoms with E-state index >= 15 is 0 Å². The Bertz CT molecular complexity index is 1700. The Balaban J connectivity index is 1.33. The largest absolute Gasteiger partial charge is 0.487 e. The molecule has 0 aliphatic heterocycles. The van der Waals surface area contributed by atoms with Gasteiger partial charge in [-0.05, 0) is 48.4 Å². The molecule has 1 amide bonds. The van der Waals surface area contributed by atoms with Gasteiger partial charge in [-0.2, -0.15) is 0 Å². The van der Waals surface area contributed by atoms with Gasteiger partial charge in [0.25, 0.3) is 15.9 Å². The predicted molar refractivity (Wildman–Crippen MR) is 142 cm³/mol. The lowest BCUT2D eigenvalue weighted by Gasteiger charge is -2.17. The van der Waals surface area contributed by atoms with Crippen molar-refractivity contribution in [3.63, 3.8) is 0 Å². The molecule has 5 aromatic rings. The van der Waals surface area contributed by atoms with E-state index in [1.54, 1.807) is 36.7 Å². The highest BCUT2D eigenvalue weighted by Crippen LogP contribution is 2.28. The molecule has 11 nitrogen and oxygen atoms in total. The predicted octanol–water partition coefficient (Wildman–Crippen LogP) is 3.24. The molecule has 0 saturated heterocycles. The Labute approximate surface area is 222 Å². The van der Waals surface area contributed by atoms with Crippen molar-refractivity contribution in [1.82, 2.24) is 25.0 Å². The number of rotatable bonds is 9. The minimum atomic E-state index is -3.88. The van der Waals surface area contributed by atoms with Gasteiger partial charge in [-0.3, -0.25) is 4.79 Å². The lowest BCUT2D eigenvalue weighted by molar-refractivity contribution is -0.119. The molecule has 0 bridgehead atoms. The summed E-state index contributed by atoms with van der Waals surface area (Å²) >= 11 is 0.968. The normalized spacial score (nSPS) is 12.4. The zero-order valence-electron chi connectivity index (χ0n) is 20.2. The van der Waals surface area contributed by atoms with Crippen molar-refractivity contribution < 1.29 is 17.9 Å². The maximum absolute atomic E-state index is 13.3. The average molecular weight is 550 g/mol. The highest BCUT2D eigenvalue weighted by atomic mass is 32.2. The van der Waals surface area contributed by atoms with E-state index in [2.05, 4.69) is 25.6 Å². The van der Waals surface area contributed by atoms with Crippen molar-refractivity contribution in [3.05, 3.63) is 89.9 Å². The quantitative estimate of drug-likeness (QED) is 0.284. The first-order chi connectivity index (χ1) is 18.2. The number of hydrogen-bond acceptors (Lipinski definition) is 9. The van der Waals surface area contributed by atoms with Crippen LogP contribution in [-0.2, 0) is 27.8 Å². The van der Waals surface area contributed by atoms with Gasteiger partial charge >= 0.3 is 0 Å². The van der Waals surface area contributed by atoms with E-state index in [0.29, 0.717) is 33.9 Å². The molecule has 3 aromatic heterocycles. The number of hydrogen-bond donors (Lipinski definition) is 2. The van der Waals surface area contributed by atoms with Gasteiger partial charge in [-0.15, -0.1) is 16.4 Å². The summed E-state index contributed by atoms with van der Waals surface area (Å²) in [6, 6.07) is 17.6. The van der Waals surface area contributed by atoms with Crippen LogP contribution in [0.5, 0.6) is 5.75 Å². The second kappa shape index (κ2) is 10.7. The number of ether oxygens (including phenoxy) is 1. The van der Waals surface area contributed by atoms with Crippen LogP contribution in [0.25, 0.3) is 10.2 Å². The minimum Gasteiger partial charge on any atom is -0.487 e. The maximum atomic E-state index is 13.3. The molecule has 0 spiro atoms. The Kier molecular flexibility index (Phi) is 7.13. The highest BCUT2D eigenvalue weighted by Gasteiger charge is 2.23. The molecule has 3 N–H and O–H groups in total. The van der Waals surface area contributed by atoms with Gasteiger partial charge in [-0.25, -0.2) is 28.2 Å². The first-order valence-electron chi connectivity index (χ1n) is 11.5. The van der Waals surface area contributed by atoms with Crippen LogP contribution in [0.4, 0.5) is 5.82 Å². The van der Waals surface area contributed by atoms with Crippen LogP contribution < -0.4 is 15.2 Å². The second-order valence-corrected chi connectivity index (χ2v) is 11.3. The zero-order chi connectivity index (χ0) is 26.7. The Morgan fingerprint density at radius 2 is 1.97 bits per heavy atom. The van der Waals surface area contributed by atoms with E-state index in [4.69, 9.17) is 9.88 Å². The van der Waals surface area contributed by atoms with Gasteiger partial charge in [0.05, 0.1) is 16.4 Å². The van der Waals surface area contributed by atoms with Gasteiger partial charge < -0.3 is 10.1 Å². The minimum absolute atomic E-state index is 0.0888. The van der Waals surface area contributed by atoms with E-state index < -0.39 is 16.1 Å². The molecule has 1 atom stereocenters. The number of carbonyl (C=O) groups excluding carboxylic acids is 1. The molecule has 0 fully saturated rings. The molecular weight excluding hydrogens is 526 g/mol. The molecule has 2 aromatic carbocycles. The van der Waals surface area contributed by atoms with Crippen LogP contribution in [-0.4, -0.2) is 39.3 Å². The van der Waals surface area contributed by atoms with Crippen LogP contribution >= 0.6 is 11.3 Å². The summed E-state index contributed by atoms with van der Waals surface area (Å²) < 4.78 is 31.0. The Morgan fingerprint density at radius 1 is 1.16 bits per heavy atom. The summed E-state index contributed by atoms with van der Waals surface area (Å²) in [5, 5.41) is 16.4. The van der Waals surface area contributed by atoms with E-state index in [-0.39, 0.29) is 16.9 Å². The number of primary sulfonamides is 1. The van der Waals surface area contributed by atoms with Gasteiger partial charge in [0, 0.05) is 12.6 Å². The summed E-state index contributed by atoms with van der Waals surface area (Å²) in [5.74, 6) is 0.687. The molecule has 0 unspecified atom stereocenters. The van der Waals surface area contributed by atoms with E-state index in [9.17, 15) is 13.2 Å². The van der Waals surface area contributed by atoms with Crippen LogP contribution in [0.1, 0.15) is 22.9 Å². The summed E-state index contributed by atoms with van der Waals surface area (Å²) in [6.45, 7) is 2.01. The zero-order valence-corrected chi connectivity index (χ0v) is 21.8.